The Morgan fingerprint density at radius 2 is 1.91 bits per heavy atom. The van der Waals surface area contributed by atoms with Crippen molar-refractivity contribution in [3.63, 3.8) is 0 Å². The van der Waals surface area contributed by atoms with Crippen LogP contribution in [0.4, 0.5) is 0 Å². The fourth-order valence-electron chi connectivity index (χ4n) is 3.28. The van der Waals surface area contributed by atoms with E-state index in [9.17, 15) is 4.79 Å². The summed E-state index contributed by atoms with van der Waals surface area (Å²) in [5.41, 5.74) is 3.15. The third-order valence-electron chi connectivity index (χ3n) is 4.36. The molecule has 0 saturated carbocycles. The third-order valence-corrected chi connectivity index (χ3v) is 4.36. The minimum absolute atomic E-state index is 0.454. The van der Waals surface area contributed by atoms with E-state index in [-0.39, 0.29) is 0 Å². The summed E-state index contributed by atoms with van der Waals surface area (Å²) < 4.78 is 11.4. The van der Waals surface area contributed by atoms with Crippen molar-refractivity contribution >= 4 is 6.47 Å². The second-order valence-electron chi connectivity index (χ2n) is 5.65. The monoisotopic (exact) mass is 296 g/mol. The van der Waals surface area contributed by atoms with Crippen molar-refractivity contribution in [3.8, 4) is 0 Å². The van der Waals surface area contributed by atoms with Crippen LogP contribution in [0.5, 0.6) is 0 Å². The number of hydrogen-bond donors (Lipinski definition) is 0. The molecule has 0 amide bonds. The number of ether oxygens (including phenoxy) is 2. The molecule has 2 atom stereocenters. The Labute approximate surface area is 130 Å². The molecule has 3 rings (SSSR count). The van der Waals surface area contributed by atoms with Crippen LogP contribution in [0.1, 0.15) is 30.0 Å². The predicted octanol–water partition coefficient (Wildman–Crippen LogP) is 3.61. The standard InChI is InChI=1S/C19H20O3/c1-2-19(13-15-8-4-3-5-9-15)17-11-7-6-10-16(17)12-18(22-19)21-14-20/h3-11,14,18H,2,12-13H2,1H3. The minimum Gasteiger partial charge on any atom is -0.438 e. The van der Waals surface area contributed by atoms with Crippen molar-refractivity contribution in [2.75, 3.05) is 0 Å². The third kappa shape index (κ3) is 2.77. The van der Waals surface area contributed by atoms with Crippen molar-refractivity contribution < 1.29 is 14.3 Å². The summed E-state index contributed by atoms with van der Waals surface area (Å²) in [6.45, 7) is 2.59. The average Bonchev–Trinajstić information content (AvgIpc) is 2.56. The quantitative estimate of drug-likeness (QED) is 0.791. The van der Waals surface area contributed by atoms with E-state index < -0.39 is 11.9 Å². The van der Waals surface area contributed by atoms with Gasteiger partial charge < -0.3 is 9.47 Å². The van der Waals surface area contributed by atoms with Gasteiger partial charge in [0.1, 0.15) is 5.60 Å². The fraction of sp³-hybridized carbons (Fsp3) is 0.316. The number of hydrogen-bond acceptors (Lipinski definition) is 3. The fourth-order valence-corrected chi connectivity index (χ4v) is 3.28. The SMILES string of the molecule is CCC1(Cc2ccccc2)OC(OC=O)Cc2ccccc21. The molecule has 0 bridgehead atoms. The van der Waals surface area contributed by atoms with Crippen LogP contribution in [-0.4, -0.2) is 12.8 Å². The summed E-state index contributed by atoms with van der Waals surface area (Å²) in [6, 6.07) is 18.6. The molecule has 0 aliphatic carbocycles. The van der Waals surface area contributed by atoms with Gasteiger partial charge >= 0.3 is 0 Å². The Hall–Kier alpha value is -2.13. The first kappa shape index (κ1) is 14.8. The maximum atomic E-state index is 10.7. The molecule has 2 aromatic rings. The first-order valence-corrected chi connectivity index (χ1v) is 7.66. The van der Waals surface area contributed by atoms with Crippen LogP contribution in [0.15, 0.2) is 54.6 Å². The molecule has 2 unspecified atom stereocenters. The number of fused-ring (bicyclic) bond motifs is 1. The van der Waals surface area contributed by atoms with E-state index in [4.69, 9.17) is 9.47 Å². The van der Waals surface area contributed by atoms with Crippen molar-refractivity contribution in [3.05, 3.63) is 71.3 Å². The average molecular weight is 296 g/mol. The molecule has 0 N–H and O–H groups in total. The first-order chi connectivity index (χ1) is 10.8. The highest BCUT2D eigenvalue weighted by Gasteiger charge is 2.40. The summed E-state index contributed by atoms with van der Waals surface area (Å²) in [5, 5.41) is 0. The lowest BCUT2D eigenvalue weighted by atomic mass is 9.79. The Balaban J connectivity index is 2.01. The van der Waals surface area contributed by atoms with Crippen LogP contribution in [0.3, 0.4) is 0 Å². The molecule has 0 aromatic heterocycles. The van der Waals surface area contributed by atoms with E-state index in [1.165, 1.54) is 16.7 Å². The smallest absolute Gasteiger partial charge is 0.295 e. The molecule has 2 aromatic carbocycles. The molecule has 3 nitrogen and oxygen atoms in total. The van der Waals surface area contributed by atoms with Gasteiger partial charge in [0.25, 0.3) is 6.47 Å². The van der Waals surface area contributed by atoms with Crippen LogP contribution < -0.4 is 0 Å². The Bertz CT molecular complexity index is 638. The molecule has 3 heteroatoms. The second kappa shape index (κ2) is 6.32. The second-order valence-corrected chi connectivity index (χ2v) is 5.65. The van der Waals surface area contributed by atoms with E-state index >= 15 is 0 Å². The van der Waals surface area contributed by atoms with Gasteiger partial charge in [-0.1, -0.05) is 61.5 Å². The largest absolute Gasteiger partial charge is 0.438 e. The molecule has 1 aliphatic heterocycles. The van der Waals surface area contributed by atoms with Crippen molar-refractivity contribution in [1.29, 1.82) is 0 Å². The van der Waals surface area contributed by atoms with Crippen LogP contribution in [0.2, 0.25) is 0 Å². The van der Waals surface area contributed by atoms with Gasteiger partial charge in [0.05, 0.1) is 0 Å². The summed E-state index contributed by atoms with van der Waals surface area (Å²) in [4.78, 5) is 10.7. The molecule has 0 fully saturated rings. The van der Waals surface area contributed by atoms with E-state index in [1.54, 1.807) is 0 Å². The normalized spacial score (nSPS) is 23.6. The Morgan fingerprint density at radius 1 is 1.18 bits per heavy atom. The van der Waals surface area contributed by atoms with Gasteiger partial charge in [0, 0.05) is 12.8 Å². The minimum atomic E-state index is -0.518. The van der Waals surface area contributed by atoms with Gasteiger partial charge in [0.2, 0.25) is 6.29 Å². The Kier molecular flexibility index (Phi) is 4.25. The highest BCUT2D eigenvalue weighted by Crippen LogP contribution is 2.41. The van der Waals surface area contributed by atoms with E-state index in [2.05, 4.69) is 31.2 Å². The van der Waals surface area contributed by atoms with E-state index in [1.807, 2.05) is 30.3 Å². The highest BCUT2D eigenvalue weighted by molar-refractivity contribution is 5.40. The van der Waals surface area contributed by atoms with Crippen molar-refractivity contribution in [1.82, 2.24) is 0 Å². The van der Waals surface area contributed by atoms with Crippen LogP contribution in [0, 0.1) is 0 Å². The maximum Gasteiger partial charge on any atom is 0.295 e. The lowest BCUT2D eigenvalue weighted by Gasteiger charge is -2.41. The van der Waals surface area contributed by atoms with Crippen molar-refractivity contribution in [2.24, 2.45) is 0 Å². The first-order valence-electron chi connectivity index (χ1n) is 7.66. The molecule has 1 heterocycles. The summed E-state index contributed by atoms with van der Waals surface area (Å²) in [7, 11) is 0. The maximum absolute atomic E-state index is 10.7. The molecule has 114 valence electrons. The summed E-state index contributed by atoms with van der Waals surface area (Å²) >= 11 is 0. The molecule has 0 saturated heterocycles. The van der Waals surface area contributed by atoms with Gasteiger partial charge in [-0.25, -0.2) is 0 Å². The zero-order valence-corrected chi connectivity index (χ0v) is 12.7. The number of rotatable bonds is 5. The molecular formula is C19H20O3. The van der Waals surface area contributed by atoms with Gasteiger partial charge in [-0.3, -0.25) is 4.79 Å². The van der Waals surface area contributed by atoms with E-state index in [0.717, 1.165) is 12.8 Å². The van der Waals surface area contributed by atoms with Crippen LogP contribution in [-0.2, 0) is 32.7 Å². The Morgan fingerprint density at radius 3 is 2.64 bits per heavy atom. The van der Waals surface area contributed by atoms with Gasteiger partial charge in [-0.2, -0.15) is 0 Å². The molecule has 0 spiro atoms. The topological polar surface area (TPSA) is 35.5 Å². The van der Waals surface area contributed by atoms with Gasteiger partial charge in [-0.05, 0) is 23.1 Å². The van der Waals surface area contributed by atoms with Crippen LogP contribution in [0.25, 0.3) is 0 Å². The summed E-state index contributed by atoms with van der Waals surface area (Å²) in [5.74, 6) is 0. The van der Waals surface area contributed by atoms with Crippen molar-refractivity contribution in [2.45, 2.75) is 38.1 Å². The number of carbonyl (C=O) groups excluding carboxylic acids is 1. The molecular weight excluding hydrogens is 276 g/mol. The molecule has 22 heavy (non-hydrogen) atoms. The summed E-state index contributed by atoms with van der Waals surface area (Å²) in [6.07, 6.45) is 1.67. The zero-order valence-electron chi connectivity index (χ0n) is 12.7. The lowest BCUT2D eigenvalue weighted by molar-refractivity contribution is -0.215. The van der Waals surface area contributed by atoms with E-state index in [0.29, 0.717) is 12.9 Å². The number of benzene rings is 2. The number of carbonyl (C=O) groups is 1. The zero-order chi connectivity index (χ0) is 15.4. The lowest BCUT2D eigenvalue weighted by Crippen LogP contribution is -2.42. The van der Waals surface area contributed by atoms with Gasteiger partial charge in [0.15, 0.2) is 0 Å². The highest BCUT2D eigenvalue weighted by atomic mass is 16.7. The van der Waals surface area contributed by atoms with Crippen LogP contribution >= 0.6 is 0 Å². The molecule has 0 radical (unpaired) electrons. The molecule has 1 aliphatic rings. The van der Waals surface area contributed by atoms with Gasteiger partial charge in [-0.15, -0.1) is 0 Å². The predicted molar refractivity (Wildman–Crippen MR) is 84.3 cm³/mol.